The predicted octanol–water partition coefficient (Wildman–Crippen LogP) is 1.54. The molecule has 9 nitrogen and oxygen atoms in total. The van der Waals surface area contributed by atoms with Crippen LogP contribution in [0, 0.1) is 0 Å². The van der Waals surface area contributed by atoms with Gasteiger partial charge in [-0.25, -0.2) is 4.79 Å². The van der Waals surface area contributed by atoms with Crippen LogP contribution < -0.4 is 10.6 Å². The van der Waals surface area contributed by atoms with Gasteiger partial charge < -0.3 is 20.3 Å². The summed E-state index contributed by atoms with van der Waals surface area (Å²) < 4.78 is 7.18. The average molecular weight is 347 g/mol. The Bertz CT molecular complexity index is 767. The van der Waals surface area contributed by atoms with Crippen molar-refractivity contribution in [1.82, 2.24) is 24.5 Å². The van der Waals surface area contributed by atoms with E-state index in [9.17, 15) is 4.79 Å². The van der Waals surface area contributed by atoms with Crippen molar-refractivity contribution in [3.05, 3.63) is 12.3 Å². The van der Waals surface area contributed by atoms with E-state index in [0.717, 1.165) is 6.42 Å². The highest BCUT2D eigenvalue weighted by atomic mass is 16.6. The summed E-state index contributed by atoms with van der Waals surface area (Å²) in [7, 11) is 0. The van der Waals surface area contributed by atoms with Crippen LogP contribution in [0.4, 0.5) is 16.7 Å². The van der Waals surface area contributed by atoms with E-state index in [1.165, 1.54) is 0 Å². The number of nitrogens with two attached hydrogens (primary N) is 1. The Kier molecular flexibility index (Phi) is 4.40. The van der Waals surface area contributed by atoms with Gasteiger partial charge in [0, 0.05) is 31.7 Å². The third kappa shape index (κ3) is 3.59. The van der Waals surface area contributed by atoms with Gasteiger partial charge in [-0.15, -0.1) is 0 Å². The summed E-state index contributed by atoms with van der Waals surface area (Å²) in [4.78, 5) is 24.8. The number of ether oxygens (including phenoxy) is 1. The number of hydrogen-bond acceptors (Lipinski definition) is 7. The minimum Gasteiger partial charge on any atom is -0.444 e. The van der Waals surface area contributed by atoms with E-state index < -0.39 is 5.60 Å². The Balaban J connectivity index is 1.83. The second kappa shape index (κ2) is 6.38. The van der Waals surface area contributed by atoms with Crippen molar-refractivity contribution in [2.24, 2.45) is 0 Å². The standard InChI is InChI=1S/C16H25N7O2/c1-5-11-10-21(15(24)25-16(2,3)4)8-9-22(11)14-20-13(17)19-12-6-7-18-23(12)14/h6-7,11H,5,8-10H2,1-4H3,(H2,17,19)/t11-/m0/s1. The maximum absolute atomic E-state index is 12.4. The molecule has 0 unspecified atom stereocenters. The maximum atomic E-state index is 12.4. The summed E-state index contributed by atoms with van der Waals surface area (Å²) in [5.41, 5.74) is 6.01. The molecule has 0 aliphatic carbocycles. The van der Waals surface area contributed by atoms with Crippen LogP contribution in [0.1, 0.15) is 34.1 Å². The number of anilines is 2. The highest BCUT2D eigenvalue weighted by Crippen LogP contribution is 2.23. The number of rotatable bonds is 2. The van der Waals surface area contributed by atoms with E-state index in [0.29, 0.717) is 31.2 Å². The van der Waals surface area contributed by atoms with Gasteiger partial charge in [0.1, 0.15) is 5.60 Å². The zero-order valence-electron chi connectivity index (χ0n) is 15.1. The average Bonchev–Trinajstić information content (AvgIpc) is 3.00. The number of fused-ring (bicyclic) bond motifs is 1. The lowest BCUT2D eigenvalue weighted by Gasteiger charge is -2.41. The number of piperazine rings is 1. The number of hydrogen-bond donors (Lipinski definition) is 1. The van der Waals surface area contributed by atoms with Gasteiger partial charge in [0.25, 0.3) is 0 Å². The minimum atomic E-state index is -0.502. The van der Waals surface area contributed by atoms with Crippen LogP contribution in [-0.4, -0.2) is 61.9 Å². The fourth-order valence-corrected chi connectivity index (χ4v) is 2.97. The predicted molar refractivity (Wildman–Crippen MR) is 94.4 cm³/mol. The molecule has 1 aliphatic heterocycles. The molecule has 0 bridgehead atoms. The molecule has 1 fully saturated rings. The fourth-order valence-electron chi connectivity index (χ4n) is 2.97. The monoisotopic (exact) mass is 347 g/mol. The number of carbonyl (C=O) groups is 1. The van der Waals surface area contributed by atoms with Crippen LogP contribution in [0.15, 0.2) is 12.3 Å². The van der Waals surface area contributed by atoms with Crippen LogP contribution in [0.5, 0.6) is 0 Å². The first-order chi connectivity index (χ1) is 11.8. The van der Waals surface area contributed by atoms with E-state index in [4.69, 9.17) is 10.5 Å². The molecule has 3 rings (SSSR count). The van der Waals surface area contributed by atoms with E-state index in [2.05, 4.69) is 26.9 Å². The van der Waals surface area contributed by atoms with Gasteiger partial charge in [0.2, 0.25) is 11.9 Å². The van der Waals surface area contributed by atoms with Gasteiger partial charge in [-0.2, -0.15) is 19.6 Å². The summed E-state index contributed by atoms with van der Waals surface area (Å²) in [6.07, 6.45) is 2.24. The zero-order valence-corrected chi connectivity index (χ0v) is 15.1. The second-order valence-corrected chi connectivity index (χ2v) is 7.16. The summed E-state index contributed by atoms with van der Waals surface area (Å²) in [5, 5.41) is 4.30. The molecule has 0 spiro atoms. The summed E-state index contributed by atoms with van der Waals surface area (Å²) in [6, 6.07) is 1.89. The van der Waals surface area contributed by atoms with Gasteiger partial charge in [0.15, 0.2) is 5.65 Å². The molecule has 3 heterocycles. The van der Waals surface area contributed by atoms with Gasteiger partial charge in [-0.1, -0.05) is 6.92 Å². The second-order valence-electron chi connectivity index (χ2n) is 7.16. The van der Waals surface area contributed by atoms with E-state index in [-0.39, 0.29) is 18.1 Å². The Morgan fingerprint density at radius 1 is 1.36 bits per heavy atom. The third-order valence-electron chi connectivity index (χ3n) is 4.12. The lowest BCUT2D eigenvalue weighted by molar-refractivity contribution is 0.0212. The van der Waals surface area contributed by atoms with Crippen LogP contribution >= 0.6 is 0 Å². The van der Waals surface area contributed by atoms with Crippen molar-refractivity contribution < 1.29 is 9.53 Å². The number of carbonyl (C=O) groups excluding carboxylic acids is 1. The van der Waals surface area contributed by atoms with Gasteiger partial charge >= 0.3 is 6.09 Å². The van der Waals surface area contributed by atoms with Crippen molar-refractivity contribution in [3.8, 4) is 0 Å². The van der Waals surface area contributed by atoms with E-state index in [1.54, 1.807) is 21.7 Å². The number of nitrogens with zero attached hydrogens (tertiary/aromatic N) is 6. The first kappa shape index (κ1) is 17.2. The number of aromatic nitrogens is 4. The zero-order chi connectivity index (χ0) is 18.2. The summed E-state index contributed by atoms with van der Waals surface area (Å²) in [5.74, 6) is 0.871. The third-order valence-corrected chi connectivity index (χ3v) is 4.12. The maximum Gasteiger partial charge on any atom is 0.410 e. The van der Waals surface area contributed by atoms with Gasteiger partial charge in [-0.3, -0.25) is 0 Å². The molecule has 0 saturated carbocycles. The number of nitrogen functional groups attached to an aromatic ring is 1. The lowest BCUT2D eigenvalue weighted by atomic mass is 10.1. The Hall–Kier alpha value is -2.58. The smallest absolute Gasteiger partial charge is 0.410 e. The van der Waals surface area contributed by atoms with Gasteiger partial charge in [0.05, 0.1) is 6.20 Å². The lowest BCUT2D eigenvalue weighted by Crippen LogP contribution is -2.56. The molecule has 1 aliphatic rings. The molecule has 0 radical (unpaired) electrons. The molecule has 25 heavy (non-hydrogen) atoms. The molecule has 9 heteroatoms. The van der Waals surface area contributed by atoms with E-state index >= 15 is 0 Å². The highest BCUT2D eigenvalue weighted by Gasteiger charge is 2.33. The number of amides is 1. The molecule has 1 saturated heterocycles. The van der Waals surface area contributed by atoms with Crippen molar-refractivity contribution >= 4 is 23.6 Å². The topological polar surface area (TPSA) is 102 Å². The molecule has 2 aromatic rings. The van der Waals surface area contributed by atoms with Gasteiger partial charge in [-0.05, 0) is 27.2 Å². The molecule has 136 valence electrons. The van der Waals surface area contributed by atoms with Crippen molar-refractivity contribution in [1.29, 1.82) is 0 Å². The molecular weight excluding hydrogens is 322 g/mol. The van der Waals surface area contributed by atoms with Crippen LogP contribution in [0.25, 0.3) is 5.65 Å². The quantitative estimate of drug-likeness (QED) is 0.879. The Morgan fingerprint density at radius 3 is 2.80 bits per heavy atom. The first-order valence-corrected chi connectivity index (χ1v) is 8.50. The fraction of sp³-hybridized carbons (Fsp3) is 0.625. The summed E-state index contributed by atoms with van der Waals surface area (Å²) >= 11 is 0. The van der Waals surface area contributed by atoms with E-state index in [1.807, 2.05) is 20.8 Å². The molecule has 0 aromatic carbocycles. The minimum absolute atomic E-state index is 0.1000. The molecule has 1 atom stereocenters. The van der Waals surface area contributed by atoms with Crippen molar-refractivity contribution in [3.63, 3.8) is 0 Å². The molecule has 1 amide bonds. The normalized spacial score (nSPS) is 18.6. The SMILES string of the molecule is CC[C@H]1CN(C(=O)OC(C)(C)C)CCN1c1nc(N)nc2ccnn12. The van der Waals surface area contributed by atoms with Crippen LogP contribution in [-0.2, 0) is 4.74 Å². The first-order valence-electron chi connectivity index (χ1n) is 8.50. The highest BCUT2D eigenvalue weighted by molar-refractivity contribution is 5.68. The molecular formula is C16H25N7O2. The van der Waals surface area contributed by atoms with Crippen molar-refractivity contribution in [2.45, 2.75) is 45.8 Å². The molecule has 2 N–H and O–H groups in total. The van der Waals surface area contributed by atoms with Crippen LogP contribution in [0.3, 0.4) is 0 Å². The summed E-state index contributed by atoms with van der Waals surface area (Å²) in [6.45, 7) is 9.45. The largest absolute Gasteiger partial charge is 0.444 e. The Morgan fingerprint density at radius 2 is 2.12 bits per heavy atom. The van der Waals surface area contributed by atoms with Crippen molar-refractivity contribution in [2.75, 3.05) is 30.3 Å². The molecule has 2 aromatic heterocycles. The Labute approximate surface area is 146 Å². The van der Waals surface area contributed by atoms with Crippen LogP contribution in [0.2, 0.25) is 0 Å².